The minimum absolute atomic E-state index is 0.0593. The van der Waals surface area contributed by atoms with Gasteiger partial charge in [-0.1, -0.05) is 42.5 Å². The van der Waals surface area contributed by atoms with Crippen LogP contribution in [0.3, 0.4) is 0 Å². The lowest BCUT2D eigenvalue weighted by Gasteiger charge is -2.27. The molecule has 0 radical (unpaired) electrons. The van der Waals surface area contributed by atoms with Gasteiger partial charge in [-0.05, 0) is 73.7 Å². The first-order valence-electron chi connectivity index (χ1n) is 13.4. The van der Waals surface area contributed by atoms with Crippen molar-refractivity contribution in [2.75, 3.05) is 19.8 Å². The lowest BCUT2D eigenvalue weighted by molar-refractivity contribution is -0.140. The first-order chi connectivity index (χ1) is 19.0. The topological polar surface area (TPSA) is 85.3 Å². The van der Waals surface area contributed by atoms with Crippen LogP contribution < -0.4 is 9.47 Å². The summed E-state index contributed by atoms with van der Waals surface area (Å²) in [7, 11) is 0. The lowest BCUT2D eigenvalue weighted by Crippen LogP contribution is -2.36. The van der Waals surface area contributed by atoms with Gasteiger partial charge in [-0.25, -0.2) is 0 Å². The normalized spacial score (nSPS) is 20.4. The maximum absolute atomic E-state index is 13.4. The average molecular weight is 528 g/mol. The van der Waals surface area contributed by atoms with Crippen molar-refractivity contribution < 1.29 is 28.9 Å². The summed E-state index contributed by atoms with van der Waals surface area (Å²) in [5.74, 6) is -0.255. The zero-order valence-corrected chi connectivity index (χ0v) is 22.3. The molecular formula is C32H33NO6. The monoisotopic (exact) mass is 527 g/mol. The molecule has 0 bridgehead atoms. The molecular weight excluding hydrogens is 494 g/mol. The number of ether oxygens (including phenoxy) is 3. The van der Waals surface area contributed by atoms with Gasteiger partial charge in [-0.15, -0.1) is 0 Å². The second-order valence-corrected chi connectivity index (χ2v) is 9.85. The van der Waals surface area contributed by atoms with E-state index in [9.17, 15) is 14.7 Å². The number of hydrogen-bond acceptors (Lipinski definition) is 6. The summed E-state index contributed by atoms with van der Waals surface area (Å²) < 4.78 is 17.5. The van der Waals surface area contributed by atoms with Crippen molar-refractivity contribution in [3.05, 3.63) is 101 Å². The first-order valence-corrected chi connectivity index (χ1v) is 13.4. The van der Waals surface area contributed by atoms with Crippen molar-refractivity contribution in [1.82, 2.24) is 4.90 Å². The molecule has 0 saturated carbocycles. The molecule has 0 aliphatic carbocycles. The van der Waals surface area contributed by atoms with E-state index >= 15 is 0 Å². The van der Waals surface area contributed by atoms with Gasteiger partial charge in [0, 0.05) is 18.7 Å². The fourth-order valence-corrected chi connectivity index (χ4v) is 5.21. The maximum atomic E-state index is 13.4. The number of amides is 1. The van der Waals surface area contributed by atoms with E-state index in [0.29, 0.717) is 42.4 Å². The number of aliphatic hydroxyl groups is 1. The Kier molecular flexibility index (Phi) is 7.98. The molecule has 1 amide bonds. The van der Waals surface area contributed by atoms with E-state index in [0.717, 1.165) is 24.0 Å². The predicted molar refractivity (Wildman–Crippen MR) is 148 cm³/mol. The molecule has 0 spiro atoms. The number of likely N-dealkylation sites (tertiary alicyclic amines) is 1. The van der Waals surface area contributed by atoms with Crippen LogP contribution in [0.15, 0.2) is 78.4 Å². The SMILES string of the molecule is CCOc1cccc(C2/C(=C(\O)c3ccc(OCc4ccccc4)c(C)c3)C(=O)C(=O)N2CC2CCCO2)c1. The molecule has 7 heteroatoms. The van der Waals surface area contributed by atoms with E-state index in [-0.39, 0.29) is 24.0 Å². The van der Waals surface area contributed by atoms with Gasteiger partial charge in [-0.2, -0.15) is 0 Å². The number of hydrogen-bond donors (Lipinski definition) is 1. The van der Waals surface area contributed by atoms with Crippen molar-refractivity contribution in [2.24, 2.45) is 0 Å². The zero-order chi connectivity index (χ0) is 27.4. The summed E-state index contributed by atoms with van der Waals surface area (Å²) in [5, 5.41) is 11.5. The highest BCUT2D eigenvalue weighted by Gasteiger charge is 2.47. The van der Waals surface area contributed by atoms with Crippen LogP contribution >= 0.6 is 0 Å². The Bertz CT molecular complexity index is 1380. The standard InChI is InChI=1S/C32H33NO6/c1-3-37-25-12-7-11-23(18-25)29-28(31(35)32(36)33(29)19-26-13-8-16-38-26)30(34)24-14-15-27(21(2)17-24)39-20-22-9-5-4-6-10-22/h4-7,9-12,14-15,17-18,26,29,34H,3,8,13,16,19-20H2,1-2H3/b30-28+. The highest BCUT2D eigenvalue weighted by Crippen LogP contribution is 2.41. The van der Waals surface area contributed by atoms with Crippen LogP contribution in [-0.2, 0) is 20.9 Å². The number of Topliss-reactive ketones (excluding diaryl/α,β-unsaturated/α-hetero) is 1. The number of carbonyl (C=O) groups is 2. The number of benzene rings is 3. The number of nitrogens with zero attached hydrogens (tertiary/aromatic N) is 1. The smallest absolute Gasteiger partial charge is 0.295 e. The van der Waals surface area contributed by atoms with Crippen molar-refractivity contribution in [3.63, 3.8) is 0 Å². The Balaban J connectivity index is 1.50. The number of aryl methyl sites for hydroxylation is 1. The molecule has 3 aromatic rings. The largest absolute Gasteiger partial charge is 0.507 e. The first kappa shape index (κ1) is 26.5. The van der Waals surface area contributed by atoms with Gasteiger partial charge in [0.2, 0.25) is 0 Å². The fourth-order valence-electron chi connectivity index (χ4n) is 5.21. The summed E-state index contributed by atoms with van der Waals surface area (Å²) in [4.78, 5) is 28.2. The van der Waals surface area contributed by atoms with Crippen molar-refractivity contribution >= 4 is 17.4 Å². The van der Waals surface area contributed by atoms with E-state index in [2.05, 4.69) is 0 Å². The van der Waals surface area contributed by atoms with Crippen molar-refractivity contribution in [3.8, 4) is 11.5 Å². The van der Waals surface area contributed by atoms with E-state index in [1.807, 2.05) is 68.4 Å². The molecule has 2 fully saturated rings. The predicted octanol–water partition coefficient (Wildman–Crippen LogP) is 5.57. The number of carbonyl (C=O) groups excluding carboxylic acids is 2. The van der Waals surface area contributed by atoms with Crippen LogP contribution in [0, 0.1) is 6.92 Å². The van der Waals surface area contributed by atoms with Gasteiger partial charge in [0.05, 0.1) is 24.3 Å². The summed E-state index contributed by atoms with van der Waals surface area (Å²) in [5.41, 5.74) is 3.05. The van der Waals surface area contributed by atoms with Crippen LogP contribution in [-0.4, -0.2) is 47.6 Å². The molecule has 7 nitrogen and oxygen atoms in total. The third-order valence-corrected chi connectivity index (χ3v) is 7.13. The molecule has 2 saturated heterocycles. The minimum Gasteiger partial charge on any atom is -0.507 e. The van der Waals surface area contributed by atoms with E-state index in [1.54, 1.807) is 18.2 Å². The van der Waals surface area contributed by atoms with Crippen LogP contribution in [0.1, 0.15) is 48.1 Å². The van der Waals surface area contributed by atoms with E-state index in [4.69, 9.17) is 14.2 Å². The quantitative estimate of drug-likeness (QED) is 0.222. The van der Waals surface area contributed by atoms with Crippen molar-refractivity contribution in [2.45, 2.75) is 45.4 Å². The molecule has 2 aliphatic heterocycles. The maximum Gasteiger partial charge on any atom is 0.295 e. The summed E-state index contributed by atoms with van der Waals surface area (Å²) in [6.07, 6.45) is 1.58. The summed E-state index contributed by atoms with van der Waals surface area (Å²) >= 11 is 0. The third-order valence-electron chi connectivity index (χ3n) is 7.13. The second kappa shape index (κ2) is 11.7. The van der Waals surface area contributed by atoms with Gasteiger partial charge in [-0.3, -0.25) is 9.59 Å². The highest BCUT2D eigenvalue weighted by molar-refractivity contribution is 6.46. The Labute approximate surface area is 228 Å². The third kappa shape index (κ3) is 5.68. The molecule has 2 aliphatic rings. The van der Waals surface area contributed by atoms with Crippen LogP contribution in [0.2, 0.25) is 0 Å². The molecule has 0 aromatic heterocycles. The Morgan fingerprint density at radius 2 is 1.85 bits per heavy atom. The average Bonchev–Trinajstić information content (AvgIpc) is 3.55. The van der Waals surface area contributed by atoms with Crippen LogP contribution in [0.5, 0.6) is 11.5 Å². The Morgan fingerprint density at radius 3 is 2.56 bits per heavy atom. The van der Waals surface area contributed by atoms with Gasteiger partial charge in [0.25, 0.3) is 11.7 Å². The summed E-state index contributed by atoms with van der Waals surface area (Å²) in [6, 6.07) is 21.7. The molecule has 3 aromatic carbocycles. The zero-order valence-electron chi connectivity index (χ0n) is 22.3. The number of rotatable bonds is 9. The Hall–Kier alpha value is -4.10. The van der Waals surface area contributed by atoms with Gasteiger partial charge in [0.1, 0.15) is 23.9 Å². The number of aliphatic hydroxyl groups excluding tert-OH is 1. The minimum atomic E-state index is -0.760. The second-order valence-electron chi connectivity index (χ2n) is 9.85. The molecule has 5 rings (SSSR count). The van der Waals surface area contributed by atoms with Gasteiger partial charge >= 0.3 is 0 Å². The number of ketones is 1. The molecule has 2 unspecified atom stereocenters. The van der Waals surface area contributed by atoms with Crippen molar-refractivity contribution in [1.29, 1.82) is 0 Å². The Morgan fingerprint density at radius 1 is 1.03 bits per heavy atom. The van der Waals surface area contributed by atoms with E-state index in [1.165, 1.54) is 4.90 Å². The highest BCUT2D eigenvalue weighted by atomic mass is 16.5. The van der Waals surface area contributed by atoms with Gasteiger partial charge < -0.3 is 24.2 Å². The lowest BCUT2D eigenvalue weighted by atomic mass is 9.94. The van der Waals surface area contributed by atoms with Crippen LogP contribution in [0.25, 0.3) is 5.76 Å². The summed E-state index contributed by atoms with van der Waals surface area (Å²) in [6.45, 7) is 5.59. The molecule has 2 atom stereocenters. The van der Waals surface area contributed by atoms with Crippen LogP contribution in [0.4, 0.5) is 0 Å². The molecule has 39 heavy (non-hydrogen) atoms. The molecule has 202 valence electrons. The molecule has 2 heterocycles. The molecule has 1 N–H and O–H groups in total. The van der Waals surface area contributed by atoms with E-state index < -0.39 is 17.7 Å². The fraction of sp³-hybridized carbons (Fsp3) is 0.312. The van der Waals surface area contributed by atoms with Gasteiger partial charge in [0.15, 0.2) is 0 Å².